The van der Waals surface area contributed by atoms with Crippen molar-refractivity contribution in [2.75, 3.05) is 13.1 Å². The van der Waals surface area contributed by atoms with Crippen LogP contribution in [0, 0.1) is 0 Å². The summed E-state index contributed by atoms with van der Waals surface area (Å²) in [6.45, 7) is 0.869. The highest BCUT2D eigenvalue weighted by atomic mass is 16.5. The molecule has 2 heterocycles. The molecule has 5 nitrogen and oxygen atoms in total. The first-order valence-corrected chi connectivity index (χ1v) is 4.30. The molecule has 1 aromatic heterocycles. The second-order valence-corrected chi connectivity index (χ2v) is 3.12. The van der Waals surface area contributed by atoms with Crippen LogP contribution in [-0.2, 0) is 0 Å². The van der Waals surface area contributed by atoms with Gasteiger partial charge in [0, 0.05) is 6.20 Å². The van der Waals surface area contributed by atoms with E-state index in [0.717, 1.165) is 0 Å². The number of aromatic nitrogens is 1. The molecule has 1 N–H and O–H groups in total. The van der Waals surface area contributed by atoms with E-state index in [4.69, 9.17) is 9.84 Å². The van der Waals surface area contributed by atoms with Crippen LogP contribution in [0.1, 0.15) is 0 Å². The lowest BCUT2D eigenvalue weighted by Gasteiger charge is -2.36. The summed E-state index contributed by atoms with van der Waals surface area (Å²) in [5.74, 6) is 0.683. The maximum absolute atomic E-state index is 10.4. The molecule has 5 heteroatoms. The van der Waals surface area contributed by atoms with E-state index in [2.05, 4.69) is 4.98 Å². The average molecular weight is 194 g/mol. The summed E-state index contributed by atoms with van der Waals surface area (Å²) >= 11 is 0. The second-order valence-electron chi connectivity index (χ2n) is 3.12. The highest BCUT2D eigenvalue weighted by molar-refractivity contribution is 5.66. The Morgan fingerprint density at radius 3 is 3.00 bits per heavy atom. The molecule has 1 aromatic rings. The van der Waals surface area contributed by atoms with E-state index < -0.39 is 6.09 Å². The van der Waals surface area contributed by atoms with E-state index in [0.29, 0.717) is 18.8 Å². The molecule has 1 amide bonds. The van der Waals surface area contributed by atoms with Crippen LogP contribution in [0.25, 0.3) is 0 Å². The molecular formula is C9H10N2O3. The van der Waals surface area contributed by atoms with Crippen molar-refractivity contribution < 1.29 is 14.6 Å². The molecular weight excluding hydrogens is 184 g/mol. The first-order valence-electron chi connectivity index (χ1n) is 4.30. The molecule has 1 aliphatic rings. The Bertz CT molecular complexity index is 322. The summed E-state index contributed by atoms with van der Waals surface area (Å²) in [6.07, 6.45) is 2.35. The predicted octanol–water partition coefficient (Wildman–Crippen LogP) is 0.823. The van der Waals surface area contributed by atoms with Gasteiger partial charge in [-0.2, -0.15) is 0 Å². The minimum Gasteiger partial charge on any atom is -0.485 e. The lowest BCUT2D eigenvalue weighted by Crippen LogP contribution is -2.55. The van der Waals surface area contributed by atoms with Gasteiger partial charge in [0.05, 0.1) is 19.3 Å². The van der Waals surface area contributed by atoms with Crippen LogP contribution in [0.5, 0.6) is 5.75 Å². The van der Waals surface area contributed by atoms with Crippen LogP contribution in [0.2, 0.25) is 0 Å². The molecule has 0 spiro atoms. The standard InChI is InChI=1S/C9H10N2O3/c12-9(13)11-5-8(6-11)14-7-2-1-3-10-4-7/h1-4,8H,5-6H2,(H,12,13). The maximum atomic E-state index is 10.4. The van der Waals surface area contributed by atoms with Gasteiger partial charge >= 0.3 is 6.09 Å². The van der Waals surface area contributed by atoms with Crippen molar-refractivity contribution in [3.63, 3.8) is 0 Å². The summed E-state index contributed by atoms with van der Waals surface area (Å²) < 4.78 is 5.46. The molecule has 1 fully saturated rings. The Hall–Kier alpha value is -1.78. The number of nitrogens with zero attached hydrogens (tertiary/aromatic N) is 2. The van der Waals surface area contributed by atoms with Gasteiger partial charge in [-0.3, -0.25) is 4.98 Å². The van der Waals surface area contributed by atoms with Crippen molar-refractivity contribution in [2.45, 2.75) is 6.10 Å². The molecule has 0 radical (unpaired) electrons. The molecule has 74 valence electrons. The zero-order valence-electron chi connectivity index (χ0n) is 7.46. The molecule has 0 saturated carbocycles. The summed E-state index contributed by atoms with van der Waals surface area (Å²) in [5.41, 5.74) is 0. The molecule has 2 rings (SSSR count). The molecule has 14 heavy (non-hydrogen) atoms. The number of carboxylic acid groups (broad SMARTS) is 1. The highest BCUT2D eigenvalue weighted by Gasteiger charge is 2.31. The lowest BCUT2D eigenvalue weighted by atomic mass is 10.2. The number of hydrogen-bond acceptors (Lipinski definition) is 3. The number of hydrogen-bond donors (Lipinski definition) is 1. The van der Waals surface area contributed by atoms with Crippen molar-refractivity contribution in [1.29, 1.82) is 0 Å². The largest absolute Gasteiger partial charge is 0.485 e. The number of rotatable bonds is 2. The zero-order chi connectivity index (χ0) is 9.97. The van der Waals surface area contributed by atoms with Gasteiger partial charge in [-0.05, 0) is 12.1 Å². The Kier molecular flexibility index (Phi) is 2.22. The van der Waals surface area contributed by atoms with Gasteiger partial charge in [0.1, 0.15) is 11.9 Å². The molecule has 0 aromatic carbocycles. The first kappa shape index (κ1) is 8.80. The van der Waals surface area contributed by atoms with E-state index in [1.54, 1.807) is 24.5 Å². The van der Waals surface area contributed by atoms with Crippen molar-refractivity contribution in [2.24, 2.45) is 0 Å². The molecule has 0 aliphatic carbocycles. The first-order chi connectivity index (χ1) is 6.75. The van der Waals surface area contributed by atoms with Gasteiger partial charge in [0.25, 0.3) is 0 Å². The fraction of sp³-hybridized carbons (Fsp3) is 0.333. The van der Waals surface area contributed by atoms with Gasteiger partial charge in [-0.15, -0.1) is 0 Å². The normalized spacial score (nSPS) is 16.1. The van der Waals surface area contributed by atoms with Gasteiger partial charge in [-0.1, -0.05) is 0 Å². The van der Waals surface area contributed by atoms with Crippen LogP contribution in [-0.4, -0.2) is 40.3 Å². The lowest BCUT2D eigenvalue weighted by molar-refractivity contribution is 0.0250. The van der Waals surface area contributed by atoms with Crippen LogP contribution in [0.4, 0.5) is 4.79 Å². The predicted molar refractivity (Wildman–Crippen MR) is 48.3 cm³/mol. The number of carbonyl (C=O) groups is 1. The minimum atomic E-state index is -0.893. The minimum absolute atomic E-state index is 0.0321. The summed E-state index contributed by atoms with van der Waals surface area (Å²) in [5, 5.41) is 8.58. The second kappa shape index (κ2) is 3.53. The van der Waals surface area contributed by atoms with E-state index in [1.807, 2.05) is 0 Å². The Morgan fingerprint density at radius 1 is 1.64 bits per heavy atom. The van der Waals surface area contributed by atoms with Gasteiger partial charge in [0.2, 0.25) is 0 Å². The summed E-state index contributed by atoms with van der Waals surface area (Å²) in [4.78, 5) is 15.6. The maximum Gasteiger partial charge on any atom is 0.407 e. The zero-order valence-corrected chi connectivity index (χ0v) is 7.46. The number of ether oxygens (including phenoxy) is 1. The topological polar surface area (TPSA) is 62.7 Å². The third kappa shape index (κ3) is 1.76. The number of pyridine rings is 1. The third-order valence-electron chi connectivity index (χ3n) is 2.06. The summed E-state index contributed by atoms with van der Waals surface area (Å²) in [7, 11) is 0. The van der Waals surface area contributed by atoms with Crippen molar-refractivity contribution in [3.05, 3.63) is 24.5 Å². The molecule has 1 aliphatic heterocycles. The van der Waals surface area contributed by atoms with Gasteiger partial charge in [-0.25, -0.2) is 4.79 Å². The highest BCUT2D eigenvalue weighted by Crippen LogP contribution is 2.16. The molecule has 0 unspecified atom stereocenters. The van der Waals surface area contributed by atoms with E-state index >= 15 is 0 Å². The van der Waals surface area contributed by atoms with Crippen LogP contribution < -0.4 is 4.74 Å². The number of likely N-dealkylation sites (tertiary alicyclic amines) is 1. The molecule has 1 saturated heterocycles. The van der Waals surface area contributed by atoms with Gasteiger partial charge in [0.15, 0.2) is 0 Å². The molecule has 0 atom stereocenters. The quantitative estimate of drug-likeness (QED) is 0.757. The van der Waals surface area contributed by atoms with Gasteiger partial charge < -0.3 is 14.7 Å². The van der Waals surface area contributed by atoms with Crippen LogP contribution >= 0.6 is 0 Å². The third-order valence-corrected chi connectivity index (χ3v) is 2.06. The van der Waals surface area contributed by atoms with Crippen molar-refractivity contribution in [1.82, 2.24) is 9.88 Å². The fourth-order valence-corrected chi connectivity index (χ4v) is 1.28. The summed E-state index contributed by atoms with van der Waals surface area (Å²) in [6, 6.07) is 3.58. The average Bonchev–Trinajstić information content (AvgIpc) is 2.12. The van der Waals surface area contributed by atoms with E-state index in [-0.39, 0.29) is 6.10 Å². The molecule has 0 bridgehead atoms. The Labute approximate surface area is 80.9 Å². The SMILES string of the molecule is O=C(O)N1CC(Oc2cccnc2)C1. The monoisotopic (exact) mass is 194 g/mol. The van der Waals surface area contributed by atoms with Crippen molar-refractivity contribution in [3.8, 4) is 5.75 Å². The van der Waals surface area contributed by atoms with Crippen LogP contribution in [0.3, 0.4) is 0 Å². The van der Waals surface area contributed by atoms with Crippen molar-refractivity contribution >= 4 is 6.09 Å². The smallest absolute Gasteiger partial charge is 0.407 e. The van der Waals surface area contributed by atoms with E-state index in [9.17, 15) is 4.79 Å². The Morgan fingerprint density at radius 2 is 2.43 bits per heavy atom. The van der Waals surface area contributed by atoms with Crippen LogP contribution in [0.15, 0.2) is 24.5 Å². The Balaban J connectivity index is 1.82. The van der Waals surface area contributed by atoms with E-state index in [1.165, 1.54) is 4.90 Å². The number of amides is 1. The fourth-order valence-electron chi connectivity index (χ4n) is 1.28.